The molecule has 24 heavy (non-hydrogen) atoms. The lowest BCUT2D eigenvalue weighted by atomic mass is 10.1. The van der Waals surface area contributed by atoms with Crippen LogP contribution >= 0.6 is 0 Å². The smallest absolute Gasteiger partial charge is 0.230 e. The molecule has 0 unspecified atom stereocenters. The highest BCUT2D eigenvalue weighted by Gasteiger charge is 2.22. The molecule has 134 valence electrons. The zero-order valence-electron chi connectivity index (χ0n) is 15.8. The van der Waals surface area contributed by atoms with Gasteiger partial charge in [0.05, 0.1) is 20.6 Å². The summed E-state index contributed by atoms with van der Waals surface area (Å²) >= 11 is 0. The second-order valence-corrected chi connectivity index (χ2v) is 7.18. The molecule has 0 radical (unpaired) electrons. The number of quaternary nitrogens is 1. The summed E-state index contributed by atoms with van der Waals surface area (Å²) in [5, 5.41) is 2.98. The van der Waals surface area contributed by atoms with Gasteiger partial charge in [0, 0.05) is 6.54 Å². The van der Waals surface area contributed by atoms with Crippen molar-refractivity contribution in [1.29, 1.82) is 0 Å². The Balaban J connectivity index is 2.26. The molecule has 0 fully saturated rings. The van der Waals surface area contributed by atoms with Crippen molar-refractivity contribution in [1.82, 2.24) is 5.32 Å². The van der Waals surface area contributed by atoms with Crippen molar-refractivity contribution in [2.75, 3.05) is 20.6 Å². The summed E-state index contributed by atoms with van der Waals surface area (Å²) < 4.78 is 0.729. The molecule has 1 aromatic carbocycles. The Morgan fingerprint density at radius 2 is 1.67 bits per heavy atom. The van der Waals surface area contributed by atoms with Gasteiger partial charge in [0.1, 0.15) is 12.1 Å². The van der Waals surface area contributed by atoms with E-state index in [4.69, 9.17) is 0 Å². The van der Waals surface area contributed by atoms with Crippen molar-refractivity contribution >= 4 is 5.91 Å². The van der Waals surface area contributed by atoms with Gasteiger partial charge in [0.15, 0.2) is 0 Å². The van der Waals surface area contributed by atoms with E-state index in [2.05, 4.69) is 32.9 Å². The van der Waals surface area contributed by atoms with Gasteiger partial charge in [-0.2, -0.15) is 0 Å². The third kappa shape index (κ3) is 8.30. The number of rotatable bonds is 12. The molecule has 1 amide bonds. The van der Waals surface area contributed by atoms with Gasteiger partial charge in [-0.25, -0.2) is 0 Å². The summed E-state index contributed by atoms with van der Waals surface area (Å²) in [5.41, 5.74) is 2.10. The molecule has 0 aliphatic carbocycles. The molecule has 3 heteroatoms. The summed E-state index contributed by atoms with van der Waals surface area (Å²) in [6.45, 7) is 8.04. The molecule has 0 saturated heterocycles. The number of hydrogen-bond acceptors (Lipinski definition) is 1. The zero-order valence-corrected chi connectivity index (χ0v) is 15.8. The fourth-order valence-corrected chi connectivity index (χ4v) is 2.70. The normalized spacial score (nSPS) is 11.3. The van der Waals surface area contributed by atoms with E-state index in [1.807, 2.05) is 30.3 Å². The van der Waals surface area contributed by atoms with Gasteiger partial charge in [0.25, 0.3) is 0 Å². The van der Waals surface area contributed by atoms with E-state index in [0.29, 0.717) is 13.0 Å². The maximum Gasteiger partial charge on any atom is 0.230 e. The highest BCUT2D eigenvalue weighted by atomic mass is 16.1. The Hall–Kier alpha value is -1.61. The molecule has 0 heterocycles. The summed E-state index contributed by atoms with van der Waals surface area (Å²) in [6.07, 6.45) is 8.15. The van der Waals surface area contributed by atoms with E-state index in [1.165, 1.54) is 38.5 Å². The summed E-state index contributed by atoms with van der Waals surface area (Å²) in [7, 11) is 4.30. The fourth-order valence-electron chi connectivity index (χ4n) is 2.70. The molecule has 0 atom stereocenters. The van der Waals surface area contributed by atoms with Crippen molar-refractivity contribution in [3.63, 3.8) is 0 Å². The quantitative estimate of drug-likeness (QED) is 0.438. The maximum atomic E-state index is 12.1. The number of carbonyl (C=O) groups excluding carboxylic acids is 1. The van der Waals surface area contributed by atoms with Crippen molar-refractivity contribution in [3.8, 4) is 0 Å². The second kappa shape index (κ2) is 11.0. The largest absolute Gasteiger partial charge is 0.352 e. The van der Waals surface area contributed by atoms with Crippen LogP contribution in [0.2, 0.25) is 0 Å². The fraction of sp³-hybridized carbons (Fsp3) is 0.571. The monoisotopic (exact) mass is 331 g/mol. The first-order chi connectivity index (χ1) is 11.5. The zero-order chi connectivity index (χ0) is 17.8. The lowest BCUT2D eigenvalue weighted by Crippen LogP contribution is -2.40. The van der Waals surface area contributed by atoms with E-state index in [1.54, 1.807) is 0 Å². The first-order valence-corrected chi connectivity index (χ1v) is 9.27. The van der Waals surface area contributed by atoms with Crippen LogP contribution in [0.15, 0.2) is 42.6 Å². The van der Waals surface area contributed by atoms with Crippen LogP contribution in [0, 0.1) is 0 Å². The van der Waals surface area contributed by atoms with E-state index in [-0.39, 0.29) is 5.91 Å². The topological polar surface area (TPSA) is 29.1 Å². The lowest BCUT2D eigenvalue weighted by molar-refractivity contribution is -0.853. The third-order valence-corrected chi connectivity index (χ3v) is 4.62. The molecule has 1 rings (SSSR count). The SMILES string of the molecule is C=C(CC(=O)NCc1ccccc1)[N+](C)(C)CCCCCCCC. The predicted octanol–water partition coefficient (Wildman–Crippen LogP) is 4.64. The van der Waals surface area contributed by atoms with Crippen molar-refractivity contribution in [2.24, 2.45) is 0 Å². The maximum absolute atomic E-state index is 12.1. The van der Waals surface area contributed by atoms with E-state index in [0.717, 1.165) is 22.3 Å². The number of carbonyl (C=O) groups is 1. The highest BCUT2D eigenvalue weighted by Crippen LogP contribution is 2.16. The lowest BCUT2D eigenvalue weighted by Gasteiger charge is -2.31. The van der Waals surface area contributed by atoms with Crippen molar-refractivity contribution in [2.45, 2.75) is 58.4 Å². The van der Waals surface area contributed by atoms with Crippen LogP contribution in [-0.4, -0.2) is 31.0 Å². The van der Waals surface area contributed by atoms with Gasteiger partial charge >= 0.3 is 0 Å². The van der Waals surface area contributed by atoms with Gasteiger partial charge in [-0.05, 0) is 25.0 Å². The predicted molar refractivity (Wildman–Crippen MR) is 102 cm³/mol. The molecule has 1 N–H and O–H groups in total. The average Bonchev–Trinajstić information content (AvgIpc) is 2.57. The minimum absolute atomic E-state index is 0.0537. The van der Waals surface area contributed by atoms with Gasteiger partial charge in [-0.15, -0.1) is 0 Å². The van der Waals surface area contributed by atoms with Crippen LogP contribution in [0.3, 0.4) is 0 Å². The van der Waals surface area contributed by atoms with E-state index < -0.39 is 0 Å². The Bertz CT molecular complexity index is 494. The van der Waals surface area contributed by atoms with Crippen LogP contribution in [0.25, 0.3) is 0 Å². The molecular formula is C21H35N2O+. The van der Waals surface area contributed by atoms with Crippen LogP contribution in [0.4, 0.5) is 0 Å². The third-order valence-electron chi connectivity index (χ3n) is 4.62. The molecule has 1 aromatic rings. The van der Waals surface area contributed by atoms with Gasteiger partial charge in [0.2, 0.25) is 5.91 Å². The average molecular weight is 332 g/mol. The Morgan fingerprint density at radius 1 is 1.04 bits per heavy atom. The van der Waals surface area contributed by atoms with E-state index >= 15 is 0 Å². The van der Waals surface area contributed by atoms with Crippen LogP contribution in [-0.2, 0) is 11.3 Å². The minimum Gasteiger partial charge on any atom is -0.352 e. The van der Waals surface area contributed by atoms with Gasteiger partial charge in [-0.3, -0.25) is 9.28 Å². The number of amides is 1. The number of nitrogens with zero attached hydrogens (tertiary/aromatic N) is 1. The Morgan fingerprint density at radius 3 is 2.33 bits per heavy atom. The van der Waals surface area contributed by atoms with Crippen LogP contribution in [0.1, 0.15) is 57.4 Å². The van der Waals surface area contributed by atoms with Crippen molar-refractivity contribution < 1.29 is 9.28 Å². The summed E-state index contributed by atoms with van der Waals surface area (Å²) in [5.74, 6) is 0.0537. The van der Waals surface area contributed by atoms with Gasteiger partial charge in [-0.1, -0.05) is 62.9 Å². The van der Waals surface area contributed by atoms with E-state index in [9.17, 15) is 4.79 Å². The Labute approximate surface area is 148 Å². The Kier molecular flexibility index (Phi) is 9.39. The molecule has 0 aliphatic heterocycles. The number of benzene rings is 1. The molecular weight excluding hydrogens is 296 g/mol. The molecule has 0 aromatic heterocycles. The number of nitrogens with one attached hydrogen (secondary N) is 1. The first-order valence-electron chi connectivity index (χ1n) is 9.27. The van der Waals surface area contributed by atoms with Gasteiger partial charge < -0.3 is 5.32 Å². The summed E-state index contributed by atoms with van der Waals surface area (Å²) in [6, 6.07) is 10.00. The molecule has 3 nitrogen and oxygen atoms in total. The summed E-state index contributed by atoms with van der Waals surface area (Å²) in [4.78, 5) is 12.1. The van der Waals surface area contributed by atoms with Crippen LogP contribution < -0.4 is 5.32 Å². The second-order valence-electron chi connectivity index (χ2n) is 7.18. The molecule has 0 aliphatic rings. The number of unbranched alkanes of at least 4 members (excludes halogenated alkanes) is 5. The molecule has 0 bridgehead atoms. The standard InChI is InChI=1S/C21H34N2O/c1-5-6-7-8-9-13-16-23(3,4)19(2)17-21(24)22-18-20-14-11-10-12-15-20/h10-12,14-15H,2,5-9,13,16-18H2,1,3-4H3/p+1. The molecule has 0 saturated carbocycles. The molecule has 0 spiro atoms. The van der Waals surface area contributed by atoms with Crippen molar-refractivity contribution in [3.05, 3.63) is 48.2 Å². The minimum atomic E-state index is 0.0537. The number of hydrogen-bond donors (Lipinski definition) is 1. The first kappa shape index (κ1) is 20.4. The highest BCUT2D eigenvalue weighted by molar-refractivity contribution is 5.77. The van der Waals surface area contributed by atoms with Crippen LogP contribution in [0.5, 0.6) is 0 Å².